The number of hydrogen-bond donors (Lipinski definition) is 0. The van der Waals surface area contributed by atoms with E-state index in [9.17, 15) is 0 Å². The van der Waals surface area contributed by atoms with Crippen molar-refractivity contribution < 1.29 is 0 Å². The number of rotatable bonds is 29. The fourth-order valence-corrected chi connectivity index (χ4v) is 25.4. The average Bonchev–Trinajstić information content (AvgIpc) is 4.49. The van der Waals surface area contributed by atoms with Crippen LogP contribution in [0.4, 0.5) is 0 Å². The predicted molar refractivity (Wildman–Crippen MR) is 350 cm³/mol. The zero-order valence-electron chi connectivity index (χ0n) is 46.3. The maximum Gasteiger partial charge on any atom is 0.132 e. The molecule has 0 fully saturated rings. The van der Waals surface area contributed by atoms with E-state index in [0.717, 1.165) is 55.4 Å². The Labute approximate surface area is 497 Å². The molecule has 78 heavy (non-hydrogen) atoms. The van der Waals surface area contributed by atoms with Gasteiger partial charge in [-0.1, -0.05) is 125 Å². The number of nitrogens with zero attached hydrogens (tertiary/aromatic N) is 6. The number of unbranched alkanes of at least 4 members (excludes halogenated alkanes) is 8. The summed E-state index contributed by atoms with van der Waals surface area (Å²) in [5, 5.41) is 0. The molecule has 0 spiro atoms. The fraction of sp³-hybridized carbons (Fsp3) is 0.460. The van der Waals surface area contributed by atoms with Gasteiger partial charge in [-0.3, -0.25) is 9.97 Å². The molecule has 0 aromatic carbocycles. The Hall–Kier alpha value is -3.51. The number of aromatic nitrogens is 6. The molecule has 0 radical (unpaired) electrons. The SMILES string of the molecule is CCCCCCc1ccc(-c2ccc(-c3cnc(-c4cc5c(s4)-c4sc(-c6cnc(-c7ccc(-c8ccc(CCCCCC)s8)s7)c7nsnc67)cc4S5(CCC(CC)CCCC)CC(CC)CCCC)c4nsnc34)s2)s1. The molecule has 0 amide bonds. The van der Waals surface area contributed by atoms with Crippen molar-refractivity contribution in [1.29, 1.82) is 0 Å². The van der Waals surface area contributed by atoms with E-state index in [2.05, 4.69) is 115 Å². The Morgan fingerprint density at radius 3 is 1.45 bits per heavy atom. The first-order valence-electron chi connectivity index (χ1n) is 29.0. The van der Waals surface area contributed by atoms with Crippen molar-refractivity contribution in [3.05, 3.63) is 82.8 Å². The molecule has 6 nitrogen and oxygen atoms in total. The van der Waals surface area contributed by atoms with E-state index in [1.54, 1.807) is 9.79 Å². The van der Waals surface area contributed by atoms with Crippen LogP contribution in [-0.2, 0) is 12.8 Å². The van der Waals surface area contributed by atoms with Crippen molar-refractivity contribution in [2.75, 3.05) is 11.5 Å². The first-order valence-corrected chi connectivity index (χ1v) is 37.4. The lowest BCUT2D eigenvalue weighted by molar-refractivity contribution is 0.440. The van der Waals surface area contributed by atoms with Gasteiger partial charge < -0.3 is 0 Å². The molecule has 11 rings (SSSR count). The second-order valence-electron chi connectivity index (χ2n) is 21.4. The molecule has 3 atom stereocenters. The molecule has 0 bridgehead atoms. The van der Waals surface area contributed by atoms with Gasteiger partial charge in [-0.05, 0) is 123 Å². The monoisotopic (exact) mass is 1200 g/mol. The van der Waals surface area contributed by atoms with Crippen LogP contribution in [0.25, 0.3) is 93.4 Å². The zero-order chi connectivity index (χ0) is 53.6. The minimum Gasteiger partial charge on any atom is -0.252 e. The van der Waals surface area contributed by atoms with Crippen molar-refractivity contribution >= 4 is 124 Å². The van der Waals surface area contributed by atoms with Gasteiger partial charge in [0.2, 0.25) is 0 Å². The maximum absolute atomic E-state index is 5.38. The molecule has 0 saturated carbocycles. The predicted octanol–water partition coefficient (Wildman–Crippen LogP) is 23.1. The third-order valence-electron chi connectivity index (χ3n) is 16.1. The summed E-state index contributed by atoms with van der Waals surface area (Å²) >= 11 is 14.1. The second kappa shape index (κ2) is 26.2. The molecular weight excluding hydrogens is 1130 g/mol. The lowest BCUT2D eigenvalue weighted by Crippen LogP contribution is -2.18. The summed E-state index contributed by atoms with van der Waals surface area (Å²) in [4.78, 5) is 29.9. The van der Waals surface area contributed by atoms with Gasteiger partial charge in [0, 0.05) is 72.3 Å². The first kappa shape index (κ1) is 56.4. The van der Waals surface area contributed by atoms with Crippen molar-refractivity contribution in [3.63, 3.8) is 0 Å². The number of thiophene rings is 6. The summed E-state index contributed by atoms with van der Waals surface area (Å²) in [5.41, 5.74) is 7.86. The van der Waals surface area contributed by atoms with E-state index >= 15 is 0 Å². The van der Waals surface area contributed by atoms with E-state index in [-0.39, 0.29) is 0 Å². The Balaban J connectivity index is 0.963. The van der Waals surface area contributed by atoms with Crippen molar-refractivity contribution in [2.24, 2.45) is 11.8 Å². The molecule has 0 saturated heterocycles. The van der Waals surface area contributed by atoms with Crippen LogP contribution in [-0.4, -0.2) is 39.0 Å². The average molecular weight is 1200 g/mol. The Morgan fingerprint density at radius 2 is 0.872 bits per heavy atom. The zero-order valence-corrected chi connectivity index (χ0v) is 53.6. The van der Waals surface area contributed by atoms with Crippen LogP contribution >= 0.6 is 102 Å². The van der Waals surface area contributed by atoms with Crippen LogP contribution in [0.2, 0.25) is 0 Å². The topological polar surface area (TPSA) is 77.3 Å². The van der Waals surface area contributed by atoms with Gasteiger partial charge in [0.1, 0.15) is 33.5 Å². The number of aryl methyl sites for hydroxylation is 2. The lowest BCUT2D eigenvalue weighted by Gasteiger charge is -2.41. The van der Waals surface area contributed by atoms with Crippen molar-refractivity contribution in [1.82, 2.24) is 27.5 Å². The van der Waals surface area contributed by atoms with Gasteiger partial charge >= 0.3 is 0 Å². The summed E-state index contributed by atoms with van der Waals surface area (Å²) < 4.78 is 20.1. The van der Waals surface area contributed by atoms with Gasteiger partial charge in [0.25, 0.3) is 0 Å². The highest BCUT2D eigenvalue weighted by atomic mass is 32.3. The van der Waals surface area contributed by atoms with E-state index in [0.29, 0.717) is 5.92 Å². The molecule has 0 N–H and O–H groups in total. The summed E-state index contributed by atoms with van der Waals surface area (Å²) in [6.45, 7) is 14.1. The van der Waals surface area contributed by atoms with Crippen molar-refractivity contribution in [3.8, 4) is 71.3 Å². The fourth-order valence-electron chi connectivity index (χ4n) is 11.4. The van der Waals surface area contributed by atoms with E-state index < -0.39 is 10.0 Å². The van der Waals surface area contributed by atoms with Gasteiger partial charge in [0.15, 0.2) is 0 Å². The minimum atomic E-state index is -1.46. The molecule has 1 aliphatic rings. The molecule has 15 heteroatoms. The van der Waals surface area contributed by atoms with Crippen LogP contribution in [0.15, 0.2) is 82.8 Å². The van der Waals surface area contributed by atoms with Crippen molar-refractivity contribution in [2.45, 2.75) is 173 Å². The smallest absolute Gasteiger partial charge is 0.132 e. The van der Waals surface area contributed by atoms with Gasteiger partial charge in [-0.15, -0.1) is 68.0 Å². The molecule has 10 aromatic rings. The highest BCUT2D eigenvalue weighted by Crippen LogP contribution is 2.77. The molecule has 10 aromatic heterocycles. The lowest BCUT2D eigenvalue weighted by atomic mass is 9.97. The van der Waals surface area contributed by atoms with E-state index in [4.69, 9.17) is 27.5 Å². The standard InChI is InChI=1S/C63H74N6S9/c1-7-13-17-19-23-42-25-27-47(70-42)49-30-29-46(72-49)44-37-65-59(61-56(44)66-76-69-61)53-36-55-63(75-53)62-54(78(55,39-41(12-6)22-16-10-4)34-33-40(11-5)21-15-9-3)35-52(74-62)45-38-64-58(60-57(45)67-77-68-60)51-32-31-50(73-51)48-28-26-43(71-48)24-20-18-14-8-2/h25-32,35-38,40-41H,7-24,33-34,39H2,1-6H3. The maximum atomic E-state index is 5.38. The first-order chi connectivity index (χ1) is 38.4. The molecule has 11 heterocycles. The Kier molecular flexibility index (Phi) is 18.9. The van der Waals surface area contributed by atoms with Gasteiger partial charge in [-0.25, -0.2) is 0 Å². The third-order valence-corrected chi connectivity index (χ3v) is 29.1. The van der Waals surface area contributed by atoms with Gasteiger partial charge in [-0.2, -0.15) is 27.5 Å². The Bertz CT molecular complexity index is 3350. The van der Waals surface area contributed by atoms with Gasteiger partial charge in [0.05, 0.1) is 43.0 Å². The van der Waals surface area contributed by atoms with Crippen LogP contribution < -0.4 is 0 Å². The highest BCUT2D eigenvalue weighted by molar-refractivity contribution is 8.34. The quantitative estimate of drug-likeness (QED) is 0.0435. The Morgan fingerprint density at radius 1 is 0.410 bits per heavy atom. The van der Waals surface area contributed by atoms with Crippen LogP contribution in [0, 0.1) is 11.8 Å². The summed E-state index contributed by atoms with van der Waals surface area (Å²) in [7, 11) is -1.46. The van der Waals surface area contributed by atoms with Crippen LogP contribution in [0.3, 0.4) is 0 Å². The molecule has 3 unspecified atom stereocenters. The summed E-state index contributed by atoms with van der Waals surface area (Å²) in [5.74, 6) is 3.85. The molecule has 0 aliphatic carbocycles. The third kappa shape index (κ3) is 11.8. The van der Waals surface area contributed by atoms with E-state index in [1.807, 2.05) is 68.0 Å². The normalized spacial score (nSPS) is 15.9. The number of fused-ring (bicyclic) bond motifs is 5. The van der Waals surface area contributed by atoms with Crippen LogP contribution in [0.5, 0.6) is 0 Å². The van der Waals surface area contributed by atoms with E-state index in [1.165, 1.54) is 211 Å². The highest BCUT2D eigenvalue weighted by Gasteiger charge is 2.44. The number of pyridine rings is 2. The molecule has 1 aliphatic heterocycles. The molecule has 410 valence electrons. The minimum absolute atomic E-state index is 0.660. The largest absolute Gasteiger partial charge is 0.252 e. The summed E-state index contributed by atoms with van der Waals surface area (Å²) in [6, 6.07) is 23.6. The summed E-state index contributed by atoms with van der Waals surface area (Å²) in [6.07, 6.45) is 28.3. The van der Waals surface area contributed by atoms with Crippen LogP contribution in [0.1, 0.15) is 160 Å². The molecular formula is C63H74N6S9. The number of hydrogen-bond acceptors (Lipinski definition) is 14. The second-order valence-corrected chi connectivity index (χ2v) is 32.5.